The van der Waals surface area contributed by atoms with Gasteiger partial charge in [-0.15, -0.1) is 0 Å². The van der Waals surface area contributed by atoms with Crippen molar-refractivity contribution < 1.29 is 9.53 Å². The number of rotatable bonds is 6. The van der Waals surface area contributed by atoms with Crippen molar-refractivity contribution in [2.75, 3.05) is 13.7 Å². The number of carbonyl (C=O) groups is 1. The molecule has 0 aliphatic carbocycles. The van der Waals surface area contributed by atoms with Gasteiger partial charge in [0, 0.05) is 37.0 Å². The lowest BCUT2D eigenvalue weighted by Gasteiger charge is -2.24. The van der Waals surface area contributed by atoms with Crippen LogP contribution in [0.25, 0.3) is 11.3 Å². The molecule has 1 amide bonds. The zero-order valence-electron chi connectivity index (χ0n) is 16.9. The number of aryl methyl sites for hydroxylation is 1. The first-order chi connectivity index (χ1) is 14.6. The highest BCUT2D eigenvalue weighted by atomic mass is 16.5. The van der Waals surface area contributed by atoms with Crippen LogP contribution in [0.1, 0.15) is 36.7 Å². The zero-order chi connectivity index (χ0) is 20.9. The van der Waals surface area contributed by atoms with Crippen molar-refractivity contribution in [1.82, 2.24) is 19.9 Å². The Labute approximate surface area is 174 Å². The van der Waals surface area contributed by atoms with Gasteiger partial charge < -0.3 is 14.6 Å². The van der Waals surface area contributed by atoms with E-state index < -0.39 is 0 Å². The van der Waals surface area contributed by atoms with E-state index in [0.29, 0.717) is 30.9 Å². The standard InChI is InChI=1S/C23H24N4O3/c1-30-18-9-6-16(7-10-18)8-11-22(29)27-13-3-5-20(27)23-25-19(14-21(28)26-23)17-4-2-12-24-15-17/h2,4,6-7,9-10,12,14-15,20H,3,5,8,11,13H2,1H3,(H,25,26,28)/t20-/m1/s1. The second-order valence-corrected chi connectivity index (χ2v) is 7.35. The van der Waals surface area contributed by atoms with Gasteiger partial charge in [-0.25, -0.2) is 4.98 Å². The number of pyridine rings is 1. The van der Waals surface area contributed by atoms with Crippen molar-refractivity contribution in [1.29, 1.82) is 0 Å². The summed E-state index contributed by atoms with van der Waals surface area (Å²) in [5.74, 6) is 1.41. The van der Waals surface area contributed by atoms with Gasteiger partial charge in [0.1, 0.15) is 11.6 Å². The maximum absolute atomic E-state index is 12.9. The molecule has 4 rings (SSSR count). The summed E-state index contributed by atoms with van der Waals surface area (Å²) in [4.78, 5) is 38.6. The minimum atomic E-state index is -0.226. The molecule has 1 N–H and O–H groups in total. The number of H-pyrrole nitrogens is 1. The van der Waals surface area contributed by atoms with Crippen LogP contribution < -0.4 is 10.3 Å². The van der Waals surface area contributed by atoms with Gasteiger partial charge in [-0.2, -0.15) is 0 Å². The summed E-state index contributed by atoms with van der Waals surface area (Å²) in [7, 11) is 1.63. The number of hydrogen-bond acceptors (Lipinski definition) is 5. The molecular formula is C23H24N4O3. The predicted octanol–water partition coefficient (Wildman–Crippen LogP) is 3.14. The van der Waals surface area contributed by atoms with Crippen molar-refractivity contribution >= 4 is 5.91 Å². The van der Waals surface area contributed by atoms with Gasteiger partial charge >= 0.3 is 0 Å². The van der Waals surface area contributed by atoms with Crippen LogP contribution in [0.3, 0.4) is 0 Å². The van der Waals surface area contributed by atoms with Crippen molar-refractivity contribution in [3.63, 3.8) is 0 Å². The Hall–Kier alpha value is -3.48. The quantitative estimate of drug-likeness (QED) is 0.682. The molecule has 1 atom stereocenters. The number of aromatic nitrogens is 3. The van der Waals surface area contributed by atoms with Crippen LogP contribution in [-0.4, -0.2) is 39.4 Å². The van der Waals surface area contributed by atoms with Crippen LogP contribution in [0.4, 0.5) is 0 Å². The van der Waals surface area contributed by atoms with Crippen LogP contribution >= 0.6 is 0 Å². The number of methoxy groups -OCH3 is 1. The Kier molecular flexibility index (Phi) is 5.88. The molecule has 2 aromatic heterocycles. The van der Waals surface area contributed by atoms with Crippen molar-refractivity contribution in [2.24, 2.45) is 0 Å². The number of aromatic amines is 1. The molecule has 0 radical (unpaired) electrons. The van der Waals surface area contributed by atoms with Gasteiger partial charge in [-0.1, -0.05) is 12.1 Å². The van der Waals surface area contributed by atoms with E-state index >= 15 is 0 Å². The molecule has 3 aromatic rings. The van der Waals surface area contributed by atoms with Gasteiger partial charge in [-0.05, 0) is 49.1 Å². The van der Waals surface area contributed by atoms with Crippen molar-refractivity contribution in [3.05, 3.63) is 76.6 Å². The van der Waals surface area contributed by atoms with Crippen LogP contribution in [0.15, 0.2) is 59.7 Å². The van der Waals surface area contributed by atoms with Gasteiger partial charge in [0.05, 0.1) is 18.8 Å². The number of ether oxygens (including phenoxy) is 1. The van der Waals surface area contributed by atoms with Gasteiger partial charge in [0.15, 0.2) is 0 Å². The first-order valence-electron chi connectivity index (χ1n) is 10.1. The van der Waals surface area contributed by atoms with E-state index in [0.717, 1.165) is 29.7 Å². The van der Waals surface area contributed by atoms with E-state index in [-0.39, 0.29) is 17.5 Å². The van der Waals surface area contributed by atoms with Crippen molar-refractivity contribution in [3.8, 4) is 17.0 Å². The van der Waals surface area contributed by atoms with E-state index in [9.17, 15) is 9.59 Å². The molecule has 7 nitrogen and oxygen atoms in total. The second kappa shape index (κ2) is 8.90. The molecule has 3 heterocycles. The third kappa shape index (κ3) is 4.40. The normalized spacial score (nSPS) is 15.9. The molecule has 0 spiro atoms. The van der Waals surface area contributed by atoms with Gasteiger partial charge in [0.2, 0.25) is 5.91 Å². The highest BCUT2D eigenvalue weighted by Crippen LogP contribution is 2.31. The summed E-state index contributed by atoms with van der Waals surface area (Å²) in [6.45, 7) is 0.674. The molecule has 0 saturated carbocycles. The minimum absolute atomic E-state index is 0.0720. The number of carbonyl (C=O) groups excluding carboxylic acids is 1. The first-order valence-corrected chi connectivity index (χ1v) is 10.1. The topological polar surface area (TPSA) is 88.2 Å². The third-order valence-corrected chi connectivity index (χ3v) is 5.39. The maximum atomic E-state index is 12.9. The highest BCUT2D eigenvalue weighted by Gasteiger charge is 2.31. The summed E-state index contributed by atoms with van der Waals surface area (Å²) in [6.07, 6.45) is 6.10. The third-order valence-electron chi connectivity index (χ3n) is 5.39. The Morgan fingerprint density at radius 1 is 1.27 bits per heavy atom. The predicted molar refractivity (Wildman–Crippen MR) is 113 cm³/mol. The van der Waals surface area contributed by atoms with E-state index in [1.807, 2.05) is 41.3 Å². The lowest BCUT2D eigenvalue weighted by molar-refractivity contribution is -0.132. The smallest absolute Gasteiger partial charge is 0.251 e. The van der Waals surface area contributed by atoms with E-state index in [1.54, 1.807) is 19.5 Å². The molecule has 154 valence electrons. The summed E-state index contributed by atoms with van der Waals surface area (Å²) >= 11 is 0. The largest absolute Gasteiger partial charge is 0.497 e. The average Bonchev–Trinajstić information content (AvgIpc) is 3.28. The van der Waals surface area contributed by atoms with E-state index in [2.05, 4.69) is 15.0 Å². The van der Waals surface area contributed by atoms with Gasteiger partial charge in [0.25, 0.3) is 5.56 Å². The lowest BCUT2D eigenvalue weighted by atomic mass is 10.1. The van der Waals surface area contributed by atoms with Crippen LogP contribution in [-0.2, 0) is 11.2 Å². The number of benzene rings is 1. The summed E-state index contributed by atoms with van der Waals surface area (Å²) in [6, 6.07) is 12.7. The van der Waals surface area contributed by atoms with Crippen molar-refractivity contribution in [2.45, 2.75) is 31.7 Å². The minimum Gasteiger partial charge on any atom is -0.497 e. The SMILES string of the molecule is COc1ccc(CCC(=O)N2CCC[C@@H]2c2nc(-c3cccnc3)cc(=O)[nH]2)cc1. The number of likely N-dealkylation sites (tertiary alicyclic amines) is 1. The highest BCUT2D eigenvalue weighted by molar-refractivity contribution is 5.77. The summed E-state index contributed by atoms with van der Waals surface area (Å²) in [5, 5.41) is 0. The molecule has 1 fully saturated rings. The second-order valence-electron chi connectivity index (χ2n) is 7.35. The molecular weight excluding hydrogens is 380 g/mol. The fourth-order valence-corrected chi connectivity index (χ4v) is 3.83. The summed E-state index contributed by atoms with van der Waals surface area (Å²) in [5.41, 5.74) is 2.21. The molecule has 0 unspecified atom stereocenters. The van der Waals surface area contributed by atoms with Gasteiger partial charge in [-0.3, -0.25) is 14.6 Å². The van der Waals surface area contributed by atoms with E-state index in [4.69, 9.17) is 4.74 Å². The molecule has 30 heavy (non-hydrogen) atoms. The zero-order valence-corrected chi connectivity index (χ0v) is 16.9. The lowest BCUT2D eigenvalue weighted by Crippen LogP contribution is -2.32. The first kappa shape index (κ1) is 19.8. The fourth-order valence-electron chi connectivity index (χ4n) is 3.83. The number of nitrogens with zero attached hydrogens (tertiary/aromatic N) is 3. The average molecular weight is 404 g/mol. The Morgan fingerprint density at radius 2 is 2.10 bits per heavy atom. The molecule has 1 aromatic carbocycles. The van der Waals surface area contributed by atoms with Crippen LogP contribution in [0.2, 0.25) is 0 Å². The number of amides is 1. The number of hydrogen-bond donors (Lipinski definition) is 1. The molecule has 1 aliphatic heterocycles. The van der Waals surface area contributed by atoms with Crippen LogP contribution in [0.5, 0.6) is 5.75 Å². The molecule has 1 aliphatic rings. The fraction of sp³-hybridized carbons (Fsp3) is 0.304. The van der Waals surface area contributed by atoms with E-state index in [1.165, 1.54) is 6.07 Å². The summed E-state index contributed by atoms with van der Waals surface area (Å²) < 4.78 is 5.18. The monoisotopic (exact) mass is 404 g/mol. The maximum Gasteiger partial charge on any atom is 0.251 e. The molecule has 7 heteroatoms. The molecule has 0 bridgehead atoms. The Balaban J connectivity index is 1.49. The Morgan fingerprint density at radius 3 is 2.83 bits per heavy atom. The molecule has 1 saturated heterocycles. The van der Waals surface area contributed by atoms with Crippen LogP contribution in [0, 0.1) is 0 Å². The number of nitrogens with one attached hydrogen (secondary N) is 1. The Bertz CT molecular complexity index is 1060.